The van der Waals surface area contributed by atoms with Gasteiger partial charge in [-0.2, -0.15) is 0 Å². The van der Waals surface area contributed by atoms with Crippen LogP contribution in [0.5, 0.6) is 0 Å². The van der Waals surface area contributed by atoms with Crippen molar-refractivity contribution in [3.63, 3.8) is 0 Å². The second-order valence-electron chi connectivity index (χ2n) is 5.09. The Morgan fingerprint density at radius 1 is 1.27 bits per heavy atom. The average Bonchev–Trinajstić information content (AvgIpc) is 3.04. The fourth-order valence-electron chi connectivity index (χ4n) is 2.31. The number of hydrogen-bond donors (Lipinski definition) is 1. The zero-order chi connectivity index (χ0) is 15.4. The zero-order valence-electron chi connectivity index (χ0n) is 12.4. The van der Waals surface area contributed by atoms with Gasteiger partial charge in [-0.3, -0.25) is 15.0 Å². The molecule has 1 amide bonds. The summed E-state index contributed by atoms with van der Waals surface area (Å²) in [6, 6.07) is 9.61. The molecule has 22 heavy (non-hydrogen) atoms. The normalized spacial score (nSPS) is 17.1. The summed E-state index contributed by atoms with van der Waals surface area (Å²) in [6.45, 7) is 4.81. The fraction of sp³-hybridized carbons (Fsp3) is 0.400. The van der Waals surface area contributed by atoms with Crippen LogP contribution in [-0.2, 0) is 9.53 Å². The van der Waals surface area contributed by atoms with E-state index < -0.39 is 0 Å². The molecular weight excluding hydrogens is 300 g/mol. The highest BCUT2D eigenvalue weighted by Crippen LogP contribution is 2.26. The molecule has 1 aliphatic rings. The maximum Gasteiger partial charge on any atom is 0.243 e. The Kier molecular flexibility index (Phi) is 4.77. The first-order valence-corrected chi connectivity index (χ1v) is 8.07. The minimum atomic E-state index is -0.201. The van der Waals surface area contributed by atoms with Crippen LogP contribution in [0.4, 0.5) is 5.13 Å². The second-order valence-corrected chi connectivity index (χ2v) is 6.07. The van der Waals surface area contributed by atoms with E-state index in [9.17, 15) is 4.79 Å². The number of nitrogens with zero attached hydrogens (tertiary/aromatic N) is 3. The molecule has 3 rings (SSSR count). The van der Waals surface area contributed by atoms with Gasteiger partial charge < -0.3 is 4.74 Å². The molecule has 7 heteroatoms. The highest BCUT2D eigenvalue weighted by Gasteiger charge is 2.24. The number of carbonyl (C=O) groups is 1. The van der Waals surface area contributed by atoms with Gasteiger partial charge in [0.25, 0.3) is 0 Å². The summed E-state index contributed by atoms with van der Waals surface area (Å²) in [4.78, 5) is 14.4. The number of amides is 1. The van der Waals surface area contributed by atoms with Crippen LogP contribution in [-0.4, -0.2) is 53.3 Å². The molecule has 1 aliphatic heterocycles. The van der Waals surface area contributed by atoms with E-state index in [0.717, 1.165) is 23.7 Å². The van der Waals surface area contributed by atoms with E-state index in [4.69, 9.17) is 4.74 Å². The average molecular weight is 318 g/mol. The molecule has 1 aromatic carbocycles. The SMILES string of the molecule is CC(C(=O)Nc1nnc(-c2ccccc2)s1)N1CCOCC1. The first kappa shape index (κ1) is 15.1. The van der Waals surface area contributed by atoms with Crippen LogP contribution in [0.15, 0.2) is 30.3 Å². The Labute approximate surface area is 133 Å². The quantitative estimate of drug-likeness (QED) is 0.932. The second kappa shape index (κ2) is 6.95. The van der Waals surface area contributed by atoms with Crippen molar-refractivity contribution in [1.82, 2.24) is 15.1 Å². The lowest BCUT2D eigenvalue weighted by molar-refractivity contribution is -0.122. The van der Waals surface area contributed by atoms with Crippen LogP contribution in [0, 0.1) is 0 Å². The van der Waals surface area contributed by atoms with Crippen molar-refractivity contribution in [1.29, 1.82) is 0 Å². The topological polar surface area (TPSA) is 67.4 Å². The van der Waals surface area contributed by atoms with E-state index >= 15 is 0 Å². The Balaban J connectivity index is 1.63. The van der Waals surface area contributed by atoms with Gasteiger partial charge in [0.15, 0.2) is 0 Å². The minimum absolute atomic E-state index is 0.0577. The zero-order valence-corrected chi connectivity index (χ0v) is 13.2. The standard InChI is InChI=1S/C15H18N4O2S/c1-11(19-7-9-21-10-8-19)13(20)16-15-18-17-14(22-15)12-5-3-2-4-6-12/h2-6,11H,7-10H2,1H3,(H,16,18,20). The summed E-state index contributed by atoms with van der Waals surface area (Å²) >= 11 is 1.38. The van der Waals surface area contributed by atoms with Gasteiger partial charge in [-0.15, -0.1) is 10.2 Å². The third-order valence-electron chi connectivity index (χ3n) is 3.65. The van der Waals surface area contributed by atoms with Gasteiger partial charge in [0.1, 0.15) is 5.01 Å². The molecular formula is C15H18N4O2S. The molecule has 6 nitrogen and oxygen atoms in total. The molecule has 116 valence electrons. The van der Waals surface area contributed by atoms with Crippen LogP contribution in [0.25, 0.3) is 10.6 Å². The number of rotatable bonds is 4. The van der Waals surface area contributed by atoms with Crippen molar-refractivity contribution in [2.75, 3.05) is 31.6 Å². The summed E-state index contributed by atoms with van der Waals surface area (Å²) in [5.41, 5.74) is 1.00. The van der Waals surface area contributed by atoms with Crippen LogP contribution in [0.1, 0.15) is 6.92 Å². The minimum Gasteiger partial charge on any atom is -0.379 e. The molecule has 2 heterocycles. The third-order valence-corrected chi connectivity index (χ3v) is 4.54. The first-order chi connectivity index (χ1) is 10.7. The summed E-state index contributed by atoms with van der Waals surface area (Å²) < 4.78 is 5.31. The lowest BCUT2D eigenvalue weighted by atomic mass is 10.2. The number of benzene rings is 1. The van der Waals surface area contributed by atoms with Gasteiger partial charge >= 0.3 is 0 Å². The van der Waals surface area contributed by atoms with Crippen LogP contribution < -0.4 is 5.32 Å². The number of carbonyl (C=O) groups excluding carboxylic acids is 1. The van der Waals surface area contributed by atoms with Crippen molar-refractivity contribution in [3.05, 3.63) is 30.3 Å². The Morgan fingerprint density at radius 2 is 2.00 bits per heavy atom. The maximum absolute atomic E-state index is 12.3. The van der Waals surface area contributed by atoms with E-state index in [2.05, 4.69) is 20.4 Å². The Hall–Kier alpha value is -1.83. The molecule has 0 aliphatic carbocycles. The number of nitrogens with one attached hydrogen (secondary N) is 1. The molecule has 0 saturated carbocycles. The van der Waals surface area contributed by atoms with Gasteiger partial charge in [0.05, 0.1) is 19.3 Å². The van der Waals surface area contributed by atoms with Gasteiger partial charge in [-0.25, -0.2) is 0 Å². The molecule has 2 aromatic rings. The van der Waals surface area contributed by atoms with Gasteiger partial charge in [0.2, 0.25) is 11.0 Å². The van der Waals surface area contributed by atoms with Crippen LogP contribution in [0.2, 0.25) is 0 Å². The van der Waals surface area contributed by atoms with Crippen LogP contribution >= 0.6 is 11.3 Å². The predicted molar refractivity (Wildman–Crippen MR) is 85.8 cm³/mol. The van der Waals surface area contributed by atoms with Crippen molar-refractivity contribution >= 4 is 22.4 Å². The fourth-order valence-corrected chi connectivity index (χ4v) is 3.06. The highest BCUT2D eigenvalue weighted by atomic mass is 32.1. The maximum atomic E-state index is 12.3. The lowest BCUT2D eigenvalue weighted by Gasteiger charge is -2.30. The highest BCUT2D eigenvalue weighted by molar-refractivity contribution is 7.18. The summed E-state index contributed by atoms with van der Waals surface area (Å²) in [6.07, 6.45) is 0. The summed E-state index contributed by atoms with van der Waals surface area (Å²) in [5, 5.41) is 12.4. The smallest absolute Gasteiger partial charge is 0.243 e. The molecule has 0 bridgehead atoms. The van der Waals surface area contributed by atoms with Crippen molar-refractivity contribution in [2.45, 2.75) is 13.0 Å². The Bertz CT molecular complexity index is 625. The van der Waals surface area contributed by atoms with E-state index in [0.29, 0.717) is 18.3 Å². The predicted octanol–water partition coefficient (Wildman–Crippen LogP) is 1.86. The lowest BCUT2D eigenvalue weighted by Crippen LogP contribution is -2.47. The van der Waals surface area contributed by atoms with Crippen LogP contribution in [0.3, 0.4) is 0 Å². The molecule has 1 saturated heterocycles. The number of ether oxygens (including phenoxy) is 1. The van der Waals surface area contributed by atoms with Crippen molar-refractivity contribution in [2.24, 2.45) is 0 Å². The Morgan fingerprint density at radius 3 is 2.73 bits per heavy atom. The summed E-state index contributed by atoms with van der Waals surface area (Å²) in [5.74, 6) is -0.0577. The molecule has 0 spiro atoms. The largest absolute Gasteiger partial charge is 0.379 e. The number of hydrogen-bond acceptors (Lipinski definition) is 6. The molecule has 0 radical (unpaired) electrons. The van der Waals surface area contributed by atoms with E-state index in [1.807, 2.05) is 37.3 Å². The molecule has 1 unspecified atom stereocenters. The number of anilines is 1. The number of aromatic nitrogens is 2. The summed E-state index contributed by atoms with van der Waals surface area (Å²) in [7, 11) is 0. The van der Waals surface area contributed by atoms with E-state index in [1.165, 1.54) is 11.3 Å². The number of morpholine rings is 1. The van der Waals surface area contributed by atoms with Gasteiger partial charge in [0, 0.05) is 18.7 Å². The van der Waals surface area contributed by atoms with Crippen molar-refractivity contribution in [3.8, 4) is 10.6 Å². The van der Waals surface area contributed by atoms with Crippen molar-refractivity contribution < 1.29 is 9.53 Å². The van der Waals surface area contributed by atoms with E-state index in [-0.39, 0.29) is 11.9 Å². The van der Waals surface area contributed by atoms with Gasteiger partial charge in [-0.05, 0) is 6.92 Å². The molecule has 1 fully saturated rings. The van der Waals surface area contributed by atoms with E-state index in [1.54, 1.807) is 0 Å². The molecule has 1 N–H and O–H groups in total. The molecule has 1 atom stereocenters. The molecule has 1 aromatic heterocycles. The monoisotopic (exact) mass is 318 g/mol. The van der Waals surface area contributed by atoms with Gasteiger partial charge in [-0.1, -0.05) is 41.7 Å². The third kappa shape index (κ3) is 3.49. The first-order valence-electron chi connectivity index (χ1n) is 7.25.